The molecule has 17 heavy (non-hydrogen) atoms. The summed E-state index contributed by atoms with van der Waals surface area (Å²) in [5.41, 5.74) is 0.893. The summed E-state index contributed by atoms with van der Waals surface area (Å²) in [6, 6.07) is 9.24. The average molecular weight is 256 g/mol. The Kier molecular flexibility index (Phi) is 5.49. The van der Waals surface area contributed by atoms with E-state index in [1.54, 1.807) is 0 Å². The molecule has 4 nitrogen and oxygen atoms in total. The van der Waals surface area contributed by atoms with Gasteiger partial charge in [0, 0.05) is 12.5 Å². The lowest BCUT2D eigenvalue weighted by atomic mass is 9.96. The van der Waals surface area contributed by atoms with Gasteiger partial charge in [0.15, 0.2) is 0 Å². The standard InChI is InChI=1S/C12H14ClNO3/c13-7-11(15)14-8-10(6-12(16)17)9-4-2-1-3-5-9/h1-5,10H,6-8H2,(H,14,15)(H,16,17). The predicted molar refractivity (Wildman–Crippen MR) is 65.2 cm³/mol. The van der Waals surface area contributed by atoms with E-state index >= 15 is 0 Å². The molecule has 1 unspecified atom stereocenters. The van der Waals surface area contributed by atoms with E-state index in [0.29, 0.717) is 0 Å². The van der Waals surface area contributed by atoms with E-state index in [1.807, 2.05) is 30.3 Å². The molecule has 0 radical (unpaired) electrons. The molecule has 0 fully saturated rings. The Morgan fingerprint density at radius 3 is 2.47 bits per heavy atom. The number of carbonyl (C=O) groups is 2. The van der Waals surface area contributed by atoms with Crippen LogP contribution < -0.4 is 5.32 Å². The fraction of sp³-hybridized carbons (Fsp3) is 0.333. The molecule has 1 aromatic rings. The van der Waals surface area contributed by atoms with Crippen LogP contribution in [0.3, 0.4) is 0 Å². The minimum absolute atomic E-state index is 0.0213. The highest BCUT2D eigenvalue weighted by Gasteiger charge is 2.16. The number of halogens is 1. The molecular formula is C12H14ClNO3. The van der Waals surface area contributed by atoms with Gasteiger partial charge in [0.2, 0.25) is 5.91 Å². The Morgan fingerprint density at radius 1 is 1.29 bits per heavy atom. The highest BCUT2D eigenvalue weighted by Crippen LogP contribution is 2.18. The van der Waals surface area contributed by atoms with E-state index in [9.17, 15) is 9.59 Å². The SMILES string of the molecule is O=C(O)CC(CNC(=O)CCl)c1ccccc1. The maximum Gasteiger partial charge on any atom is 0.304 e. The third-order valence-electron chi connectivity index (χ3n) is 2.36. The molecule has 1 atom stereocenters. The van der Waals surface area contributed by atoms with Crippen molar-refractivity contribution in [1.29, 1.82) is 0 Å². The molecule has 0 aromatic heterocycles. The molecular weight excluding hydrogens is 242 g/mol. The first kappa shape index (κ1) is 13.5. The predicted octanol–water partition coefficient (Wildman–Crippen LogP) is 1.60. The third-order valence-corrected chi connectivity index (χ3v) is 2.60. The van der Waals surface area contributed by atoms with Crippen LogP contribution in [0.5, 0.6) is 0 Å². The van der Waals surface area contributed by atoms with Gasteiger partial charge >= 0.3 is 5.97 Å². The number of aliphatic carboxylic acids is 1. The van der Waals surface area contributed by atoms with Gasteiger partial charge in [0.1, 0.15) is 5.88 Å². The molecule has 0 spiro atoms. The number of alkyl halides is 1. The second-order valence-electron chi connectivity index (χ2n) is 3.64. The van der Waals surface area contributed by atoms with E-state index in [1.165, 1.54) is 0 Å². The Bertz CT molecular complexity index is 381. The number of nitrogens with one attached hydrogen (secondary N) is 1. The summed E-state index contributed by atoms with van der Waals surface area (Å²) in [4.78, 5) is 21.8. The first-order chi connectivity index (χ1) is 8.13. The Morgan fingerprint density at radius 2 is 1.94 bits per heavy atom. The molecule has 2 N–H and O–H groups in total. The quantitative estimate of drug-likeness (QED) is 0.759. The molecule has 0 aliphatic rings. The molecule has 0 aliphatic carbocycles. The fourth-order valence-corrected chi connectivity index (χ4v) is 1.62. The van der Waals surface area contributed by atoms with Crippen LogP contribution in [-0.2, 0) is 9.59 Å². The van der Waals surface area contributed by atoms with Gasteiger partial charge in [0.25, 0.3) is 0 Å². The van der Waals surface area contributed by atoms with Gasteiger partial charge in [-0.25, -0.2) is 0 Å². The van der Waals surface area contributed by atoms with Crippen molar-refractivity contribution in [1.82, 2.24) is 5.32 Å². The monoisotopic (exact) mass is 255 g/mol. The molecule has 0 saturated heterocycles. The molecule has 0 heterocycles. The van der Waals surface area contributed by atoms with Gasteiger partial charge in [-0.15, -0.1) is 11.6 Å². The smallest absolute Gasteiger partial charge is 0.304 e. The van der Waals surface area contributed by atoms with E-state index in [2.05, 4.69) is 5.32 Å². The number of benzene rings is 1. The number of carboxylic acid groups (broad SMARTS) is 1. The van der Waals surface area contributed by atoms with Crippen molar-refractivity contribution in [2.45, 2.75) is 12.3 Å². The van der Waals surface area contributed by atoms with Gasteiger partial charge in [0.05, 0.1) is 6.42 Å². The summed E-state index contributed by atoms with van der Waals surface area (Å²) in [6.45, 7) is 0.280. The third kappa shape index (κ3) is 4.87. The van der Waals surface area contributed by atoms with Crippen molar-refractivity contribution < 1.29 is 14.7 Å². The normalized spacial score (nSPS) is 11.8. The number of carboxylic acids is 1. The molecule has 1 amide bonds. The minimum Gasteiger partial charge on any atom is -0.481 e. The summed E-state index contributed by atoms with van der Waals surface area (Å²) in [7, 11) is 0. The van der Waals surface area contributed by atoms with Gasteiger partial charge in [-0.2, -0.15) is 0 Å². The lowest BCUT2D eigenvalue weighted by molar-refractivity contribution is -0.137. The van der Waals surface area contributed by atoms with Crippen molar-refractivity contribution in [3.63, 3.8) is 0 Å². The van der Waals surface area contributed by atoms with Crippen LogP contribution >= 0.6 is 11.6 Å². The number of hydrogen-bond donors (Lipinski definition) is 2. The summed E-state index contributed by atoms with van der Waals surface area (Å²) in [5.74, 6) is -1.54. The van der Waals surface area contributed by atoms with Crippen LogP contribution in [0.25, 0.3) is 0 Å². The molecule has 1 aromatic carbocycles. The van der Waals surface area contributed by atoms with Crippen molar-refractivity contribution in [3.05, 3.63) is 35.9 Å². The van der Waals surface area contributed by atoms with Gasteiger partial charge in [-0.3, -0.25) is 9.59 Å². The fourth-order valence-electron chi connectivity index (χ4n) is 1.53. The number of hydrogen-bond acceptors (Lipinski definition) is 2. The Labute approximate surface area is 105 Å². The van der Waals surface area contributed by atoms with E-state index in [4.69, 9.17) is 16.7 Å². The van der Waals surface area contributed by atoms with Crippen LogP contribution in [0, 0.1) is 0 Å². The van der Waals surface area contributed by atoms with Crippen LogP contribution in [0.4, 0.5) is 0 Å². The summed E-state index contributed by atoms with van der Waals surface area (Å²) in [6.07, 6.45) is -0.0213. The zero-order valence-corrected chi connectivity index (χ0v) is 9.98. The van der Waals surface area contributed by atoms with Crippen LogP contribution in [-0.4, -0.2) is 29.4 Å². The van der Waals surface area contributed by atoms with Crippen molar-refractivity contribution in [3.8, 4) is 0 Å². The van der Waals surface area contributed by atoms with Gasteiger partial charge in [-0.05, 0) is 5.56 Å². The largest absolute Gasteiger partial charge is 0.481 e. The second kappa shape index (κ2) is 6.91. The van der Waals surface area contributed by atoms with Crippen LogP contribution in [0.1, 0.15) is 17.9 Å². The van der Waals surface area contributed by atoms with Gasteiger partial charge in [-0.1, -0.05) is 30.3 Å². The zero-order chi connectivity index (χ0) is 12.7. The van der Waals surface area contributed by atoms with E-state index in [-0.39, 0.29) is 30.7 Å². The minimum atomic E-state index is -0.890. The maximum absolute atomic E-state index is 11.0. The van der Waals surface area contributed by atoms with Crippen molar-refractivity contribution >= 4 is 23.5 Å². The molecule has 5 heteroatoms. The zero-order valence-electron chi connectivity index (χ0n) is 9.23. The summed E-state index contributed by atoms with van der Waals surface area (Å²) in [5, 5.41) is 11.4. The second-order valence-corrected chi connectivity index (χ2v) is 3.91. The van der Waals surface area contributed by atoms with E-state index < -0.39 is 5.97 Å². The van der Waals surface area contributed by atoms with Crippen LogP contribution in [0.15, 0.2) is 30.3 Å². The Hall–Kier alpha value is -1.55. The van der Waals surface area contributed by atoms with Crippen LogP contribution in [0.2, 0.25) is 0 Å². The van der Waals surface area contributed by atoms with Gasteiger partial charge < -0.3 is 10.4 Å². The number of rotatable bonds is 6. The first-order valence-corrected chi connectivity index (χ1v) is 5.76. The number of carbonyl (C=O) groups excluding carboxylic acids is 1. The average Bonchev–Trinajstić information content (AvgIpc) is 2.34. The Balaban J connectivity index is 2.67. The summed E-state index contributed by atoms with van der Waals surface area (Å²) < 4.78 is 0. The number of amides is 1. The topological polar surface area (TPSA) is 66.4 Å². The molecule has 0 aliphatic heterocycles. The summed E-state index contributed by atoms with van der Waals surface area (Å²) >= 11 is 5.36. The highest BCUT2D eigenvalue weighted by molar-refractivity contribution is 6.27. The maximum atomic E-state index is 11.0. The molecule has 0 bridgehead atoms. The van der Waals surface area contributed by atoms with Crippen molar-refractivity contribution in [2.24, 2.45) is 0 Å². The lowest BCUT2D eigenvalue weighted by Crippen LogP contribution is -2.30. The molecule has 92 valence electrons. The highest BCUT2D eigenvalue weighted by atomic mass is 35.5. The van der Waals surface area contributed by atoms with Crippen molar-refractivity contribution in [2.75, 3.05) is 12.4 Å². The molecule has 1 rings (SSSR count). The lowest BCUT2D eigenvalue weighted by Gasteiger charge is -2.15. The first-order valence-electron chi connectivity index (χ1n) is 5.23. The van der Waals surface area contributed by atoms with E-state index in [0.717, 1.165) is 5.56 Å². The molecule has 0 saturated carbocycles.